The Morgan fingerprint density at radius 2 is 2.28 bits per heavy atom. The van der Waals surface area contributed by atoms with E-state index >= 15 is 0 Å². The highest BCUT2D eigenvalue weighted by atomic mass is 32.1. The lowest BCUT2D eigenvalue weighted by atomic mass is 10.2. The molecule has 18 heavy (non-hydrogen) atoms. The standard InChI is InChI=1S/C13H14O3S2/c1-8(2)11-6-10(12(18-11)13(14)15)16-7-9-4-3-5-17-9/h3-6,8H,7H2,1-2H3,(H,14,15). The lowest BCUT2D eigenvalue weighted by Gasteiger charge is -2.03. The van der Waals surface area contributed by atoms with E-state index in [1.54, 1.807) is 11.3 Å². The van der Waals surface area contributed by atoms with E-state index in [0.29, 0.717) is 18.3 Å². The molecular weight excluding hydrogens is 268 g/mol. The fourth-order valence-electron chi connectivity index (χ4n) is 1.48. The molecule has 2 aromatic heterocycles. The molecule has 0 saturated heterocycles. The Morgan fingerprint density at radius 1 is 1.50 bits per heavy atom. The van der Waals surface area contributed by atoms with Gasteiger partial charge in [-0.1, -0.05) is 19.9 Å². The molecule has 0 aliphatic heterocycles. The highest BCUT2D eigenvalue weighted by Crippen LogP contribution is 2.34. The summed E-state index contributed by atoms with van der Waals surface area (Å²) < 4.78 is 5.61. The minimum absolute atomic E-state index is 0.287. The molecule has 0 aliphatic carbocycles. The van der Waals surface area contributed by atoms with E-state index in [-0.39, 0.29) is 4.88 Å². The normalized spacial score (nSPS) is 10.8. The largest absolute Gasteiger partial charge is 0.486 e. The molecule has 5 heteroatoms. The first-order valence-corrected chi connectivity index (χ1v) is 7.29. The molecule has 0 aromatic carbocycles. The number of thiophene rings is 2. The molecule has 2 aromatic rings. The van der Waals surface area contributed by atoms with Crippen molar-refractivity contribution in [1.82, 2.24) is 0 Å². The van der Waals surface area contributed by atoms with Gasteiger partial charge in [-0.25, -0.2) is 4.79 Å². The van der Waals surface area contributed by atoms with Crippen molar-refractivity contribution >= 4 is 28.6 Å². The third-order valence-electron chi connectivity index (χ3n) is 2.43. The van der Waals surface area contributed by atoms with E-state index in [4.69, 9.17) is 9.84 Å². The average Bonchev–Trinajstić information content (AvgIpc) is 2.95. The highest BCUT2D eigenvalue weighted by molar-refractivity contribution is 7.14. The van der Waals surface area contributed by atoms with Gasteiger partial charge in [0.2, 0.25) is 0 Å². The summed E-state index contributed by atoms with van der Waals surface area (Å²) in [7, 11) is 0. The molecule has 0 bridgehead atoms. The van der Waals surface area contributed by atoms with Gasteiger partial charge >= 0.3 is 5.97 Å². The lowest BCUT2D eigenvalue weighted by molar-refractivity contribution is 0.0697. The molecule has 0 saturated carbocycles. The van der Waals surface area contributed by atoms with Crippen LogP contribution in [0, 0.1) is 0 Å². The highest BCUT2D eigenvalue weighted by Gasteiger charge is 2.18. The number of carbonyl (C=O) groups is 1. The first kappa shape index (κ1) is 13.1. The summed E-state index contributed by atoms with van der Waals surface area (Å²) in [5.74, 6) is -0.134. The molecule has 2 heterocycles. The fourth-order valence-corrected chi connectivity index (χ4v) is 3.04. The van der Waals surface area contributed by atoms with Gasteiger partial charge in [-0.15, -0.1) is 22.7 Å². The predicted molar refractivity (Wildman–Crippen MR) is 74.0 cm³/mol. The average molecular weight is 282 g/mol. The fraction of sp³-hybridized carbons (Fsp3) is 0.308. The molecule has 96 valence electrons. The first-order valence-electron chi connectivity index (χ1n) is 5.60. The van der Waals surface area contributed by atoms with Gasteiger partial charge in [0.1, 0.15) is 12.4 Å². The van der Waals surface area contributed by atoms with Gasteiger partial charge in [-0.2, -0.15) is 0 Å². The minimum atomic E-state index is -0.923. The summed E-state index contributed by atoms with van der Waals surface area (Å²) in [6, 6.07) is 5.77. The maximum atomic E-state index is 11.2. The molecule has 0 fully saturated rings. The predicted octanol–water partition coefficient (Wildman–Crippen LogP) is 4.21. The Hall–Kier alpha value is -1.33. The van der Waals surface area contributed by atoms with Gasteiger partial charge in [-0.3, -0.25) is 0 Å². The summed E-state index contributed by atoms with van der Waals surface area (Å²) >= 11 is 2.89. The zero-order chi connectivity index (χ0) is 13.1. The second-order valence-electron chi connectivity index (χ2n) is 4.17. The third-order valence-corrected chi connectivity index (χ3v) is 4.69. The summed E-state index contributed by atoms with van der Waals surface area (Å²) in [6.45, 7) is 4.51. The van der Waals surface area contributed by atoms with E-state index in [9.17, 15) is 4.79 Å². The van der Waals surface area contributed by atoms with Crippen LogP contribution in [-0.4, -0.2) is 11.1 Å². The number of aromatic carboxylic acids is 1. The number of rotatable bonds is 5. The molecule has 0 unspecified atom stereocenters. The molecule has 3 nitrogen and oxygen atoms in total. The maximum Gasteiger partial charge on any atom is 0.349 e. The van der Waals surface area contributed by atoms with Crippen LogP contribution in [0.5, 0.6) is 5.75 Å². The molecule has 1 N–H and O–H groups in total. The van der Waals surface area contributed by atoms with Crippen molar-refractivity contribution in [2.45, 2.75) is 26.4 Å². The van der Waals surface area contributed by atoms with E-state index in [1.165, 1.54) is 11.3 Å². The van der Waals surface area contributed by atoms with Crippen molar-refractivity contribution in [1.29, 1.82) is 0 Å². The van der Waals surface area contributed by atoms with E-state index in [1.807, 2.05) is 37.4 Å². The summed E-state index contributed by atoms with van der Waals surface area (Å²) in [5.41, 5.74) is 0. The molecule has 0 radical (unpaired) electrons. The van der Waals surface area contributed by atoms with Crippen LogP contribution in [0.1, 0.15) is 39.2 Å². The van der Waals surface area contributed by atoms with Crippen molar-refractivity contribution in [3.05, 3.63) is 38.2 Å². The number of carboxylic acids is 1. The van der Waals surface area contributed by atoms with Crippen molar-refractivity contribution in [2.75, 3.05) is 0 Å². The smallest absolute Gasteiger partial charge is 0.349 e. The van der Waals surface area contributed by atoms with E-state index in [2.05, 4.69) is 0 Å². The molecule has 0 aliphatic rings. The van der Waals surface area contributed by atoms with Crippen LogP contribution >= 0.6 is 22.7 Å². The lowest BCUT2D eigenvalue weighted by Crippen LogP contribution is -1.98. The number of hydrogen-bond acceptors (Lipinski definition) is 4. The molecular formula is C13H14O3S2. The van der Waals surface area contributed by atoms with Gasteiger partial charge < -0.3 is 9.84 Å². The SMILES string of the molecule is CC(C)c1cc(OCc2cccs2)c(C(=O)O)s1. The second kappa shape index (κ2) is 5.54. The Labute approximate surface area is 114 Å². The third kappa shape index (κ3) is 2.91. The number of ether oxygens (including phenoxy) is 1. The first-order chi connectivity index (χ1) is 8.58. The summed E-state index contributed by atoms with van der Waals surface area (Å²) in [6.07, 6.45) is 0. The Morgan fingerprint density at radius 3 is 2.83 bits per heavy atom. The summed E-state index contributed by atoms with van der Waals surface area (Å²) in [4.78, 5) is 13.6. The zero-order valence-electron chi connectivity index (χ0n) is 10.2. The Balaban J connectivity index is 2.17. The van der Waals surface area contributed by atoms with Gasteiger partial charge in [0.25, 0.3) is 0 Å². The Bertz CT molecular complexity index is 526. The monoisotopic (exact) mass is 282 g/mol. The van der Waals surface area contributed by atoms with E-state index < -0.39 is 5.97 Å². The minimum Gasteiger partial charge on any atom is -0.486 e. The van der Waals surface area contributed by atoms with Crippen molar-refractivity contribution in [3.63, 3.8) is 0 Å². The Kier molecular flexibility index (Phi) is 4.04. The van der Waals surface area contributed by atoms with Crippen LogP contribution in [0.15, 0.2) is 23.6 Å². The summed E-state index contributed by atoms with van der Waals surface area (Å²) in [5, 5.41) is 11.1. The van der Waals surface area contributed by atoms with Crippen molar-refractivity contribution < 1.29 is 14.6 Å². The van der Waals surface area contributed by atoms with Crippen LogP contribution in [0.3, 0.4) is 0 Å². The van der Waals surface area contributed by atoms with Gasteiger partial charge in [0, 0.05) is 9.75 Å². The van der Waals surface area contributed by atoms with Gasteiger partial charge in [-0.05, 0) is 23.4 Å². The molecule has 0 atom stereocenters. The van der Waals surface area contributed by atoms with Crippen LogP contribution < -0.4 is 4.74 Å². The van der Waals surface area contributed by atoms with Crippen molar-refractivity contribution in [3.8, 4) is 5.75 Å². The van der Waals surface area contributed by atoms with Crippen LogP contribution in [-0.2, 0) is 6.61 Å². The van der Waals surface area contributed by atoms with Crippen molar-refractivity contribution in [2.24, 2.45) is 0 Å². The van der Waals surface area contributed by atoms with Crippen LogP contribution in [0.25, 0.3) is 0 Å². The molecule has 2 rings (SSSR count). The van der Waals surface area contributed by atoms with Crippen LogP contribution in [0.2, 0.25) is 0 Å². The molecule has 0 amide bonds. The number of hydrogen-bond donors (Lipinski definition) is 1. The van der Waals surface area contributed by atoms with Crippen LogP contribution in [0.4, 0.5) is 0 Å². The topological polar surface area (TPSA) is 46.5 Å². The van der Waals surface area contributed by atoms with E-state index in [0.717, 1.165) is 9.75 Å². The van der Waals surface area contributed by atoms with Gasteiger partial charge in [0.15, 0.2) is 4.88 Å². The maximum absolute atomic E-state index is 11.2. The van der Waals surface area contributed by atoms with Gasteiger partial charge in [0.05, 0.1) is 0 Å². The second-order valence-corrected chi connectivity index (χ2v) is 6.29. The quantitative estimate of drug-likeness (QED) is 0.893. The molecule has 0 spiro atoms. The number of carboxylic acid groups (broad SMARTS) is 1. The zero-order valence-corrected chi connectivity index (χ0v) is 11.8.